The minimum atomic E-state index is -4.62. The molecule has 2 bridgehead atoms. The average Bonchev–Trinajstić information content (AvgIpc) is 3.87. The lowest BCUT2D eigenvalue weighted by Gasteiger charge is -2.46. The van der Waals surface area contributed by atoms with Gasteiger partial charge in [0, 0.05) is 47.8 Å². The summed E-state index contributed by atoms with van der Waals surface area (Å²) in [6.45, 7) is 5.19. The van der Waals surface area contributed by atoms with Crippen molar-refractivity contribution in [2.45, 2.75) is 102 Å². The number of methoxy groups -OCH3 is 2. The second-order valence-corrected chi connectivity index (χ2v) is 18.5. The van der Waals surface area contributed by atoms with E-state index in [0.29, 0.717) is 80.7 Å². The molecule has 5 aromatic rings. The minimum Gasteiger partial charge on any atom is -0.497 e. The first kappa shape index (κ1) is 49.0. The number of hydrogen-bond acceptors (Lipinski definition) is 9. The molecule has 8 rings (SSSR count). The standard InChI is InChI=1S/C53H59ClF3NO8/c1-34-9-8-23-51(2)45(22-24-52(51,62)33-58(29-37-14-17-41(63-3)28-49(37)64-4)30-40(60)32-65-31-35-10-6-5-7-11-35)42-18-13-36(25-39(59)16-12-34)26-43(42)50(61)48-21-20-47(66-48)44-27-38(53(55,56)57)15-19-46(44)54/h5-7,9-11,13-15,17-21,26-28,39-40,45,59-60,62H,8,12,16,22-25,29-33H2,1-4H3. The third kappa shape index (κ3) is 11.2. The molecule has 1 heterocycles. The first-order valence-corrected chi connectivity index (χ1v) is 22.8. The van der Waals surface area contributed by atoms with Crippen LogP contribution in [0.5, 0.6) is 11.5 Å². The molecule has 5 unspecified atom stereocenters. The fourth-order valence-corrected chi connectivity index (χ4v) is 10.1. The van der Waals surface area contributed by atoms with Gasteiger partial charge in [0.25, 0.3) is 0 Å². The molecule has 66 heavy (non-hydrogen) atoms. The average molecular weight is 931 g/mol. The van der Waals surface area contributed by atoms with E-state index in [4.69, 9.17) is 30.2 Å². The van der Waals surface area contributed by atoms with Gasteiger partial charge in [0.15, 0.2) is 5.76 Å². The SMILES string of the molecule is COc1ccc(CN(CC(O)COCc2ccccc2)CC2(O)CCC3c4ccc(cc4C(=O)c4ccc(-c5cc(C(F)(F)F)ccc5Cl)o4)CC(O)CCC(C)=CCCC32C)c(OC)c1. The van der Waals surface area contributed by atoms with Crippen molar-refractivity contribution in [3.05, 3.63) is 153 Å². The Morgan fingerprint density at radius 1 is 0.970 bits per heavy atom. The van der Waals surface area contributed by atoms with Crippen LogP contribution < -0.4 is 9.47 Å². The van der Waals surface area contributed by atoms with Crippen molar-refractivity contribution in [2.75, 3.05) is 33.9 Å². The number of allylic oxidation sites excluding steroid dienone is 2. The van der Waals surface area contributed by atoms with Gasteiger partial charge in [0.2, 0.25) is 5.78 Å². The van der Waals surface area contributed by atoms with Gasteiger partial charge in [-0.2, -0.15) is 13.2 Å². The molecule has 5 atom stereocenters. The second kappa shape index (κ2) is 20.9. The van der Waals surface area contributed by atoms with Crippen LogP contribution >= 0.6 is 11.6 Å². The van der Waals surface area contributed by atoms with Gasteiger partial charge in [-0.1, -0.05) is 78.7 Å². The Hall–Kier alpha value is -4.95. The Bertz CT molecular complexity index is 2490. The predicted octanol–water partition coefficient (Wildman–Crippen LogP) is 11.0. The van der Waals surface area contributed by atoms with Crippen LogP contribution in [0.1, 0.15) is 102 Å². The Labute approximate surface area is 389 Å². The maximum absolute atomic E-state index is 14.8. The van der Waals surface area contributed by atoms with E-state index >= 15 is 0 Å². The Morgan fingerprint density at radius 3 is 2.50 bits per heavy atom. The lowest BCUT2D eigenvalue weighted by molar-refractivity contribution is -0.137. The van der Waals surface area contributed by atoms with Crippen molar-refractivity contribution in [3.8, 4) is 22.8 Å². The van der Waals surface area contributed by atoms with Crippen molar-refractivity contribution in [3.63, 3.8) is 0 Å². The summed E-state index contributed by atoms with van der Waals surface area (Å²) in [5.74, 6) is 0.313. The van der Waals surface area contributed by atoms with E-state index in [0.717, 1.165) is 40.5 Å². The van der Waals surface area contributed by atoms with Gasteiger partial charge in [-0.25, -0.2) is 0 Å². The molecule has 13 heteroatoms. The molecule has 0 aliphatic heterocycles. The summed E-state index contributed by atoms with van der Waals surface area (Å²) >= 11 is 6.38. The first-order valence-electron chi connectivity index (χ1n) is 22.4. The molecule has 352 valence electrons. The molecular weight excluding hydrogens is 871 g/mol. The summed E-state index contributed by atoms with van der Waals surface area (Å²) in [6.07, 6.45) is -0.477. The monoisotopic (exact) mass is 929 g/mol. The Morgan fingerprint density at radius 2 is 1.76 bits per heavy atom. The topological polar surface area (TPSA) is 122 Å². The fourth-order valence-electron chi connectivity index (χ4n) is 9.84. The third-order valence-corrected chi connectivity index (χ3v) is 13.9. The van der Waals surface area contributed by atoms with Crippen LogP contribution in [0, 0.1) is 5.41 Å². The Balaban J connectivity index is 1.25. The normalized spacial score (nSPS) is 21.8. The van der Waals surface area contributed by atoms with E-state index in [1.54, 1.807) is 26.4 Å². The zero-order chi connectivity index (χ0) is 47.2. The molecule has 3 aliphatic rings. The number of aliphatic hydroxyl groups is 3. The number of ketones is 1. The van der Waals surface area contributed by atoms with Crippen LogP contribution in [0.25, 0.3) is 11.3 Å². The molecule has 0 amide bonds. The van der Waals surface area contributed by atoms with E-state index < -0.39 is 40.7 Å². The number of benzene rings is 4. The molecule has 1 saturated carbocycles. The van der Waals surface area contributed by atoms with Crippen molar-refractivity contribution in [1.82, 2.24) is 4.90 Å². The highest BCUT2D eigenvalue weighted by Crippen LogP contribution is 2.59. The predicted molar refractivity (Wildman–Crippen MR) is 248 cm³/mol. The first-order chi connectivity index (χ1) is 31.5. The summed E-state index contributed by atoms with van der Waals surface area (Å²) in [7, 11) is 3.17. The van der Waals surface area contributed by atoms with Gasteiger partial charge in [-0.05, 0) is 117 Å². The number of nitrogens with zero attached hydrogens (tertiary/aromatic N) is 1. The lowest BCUT2D eigenvalue weighted by Crippen LogP contribution is -2.53. The number of ether oxygens (including phenoxy) is 3. The molecule has 3 N–H and O–H groups in total. The van der Waals surface area contributed by atoms with Crippen LogP contribution in [0.3, 0.4) is 0 Å². The molecule has 9 nitrogen and oxygen atoms in total. The van der Waals surface area contributed by atoms with Crippen LogP contribution in [-0.2, 0) is 30.5 Å². The number of fused-ring (bicyclic) bond motifs is 8. The molecule has 0 saturated heterocycles. The quantitative estimate of drug-likeness (QED) is 0.0696. The smallest absolute Gasteiger partial charge is 0.416 e. The van der Waals surface area contributed by atoms with Crippen LogP contribution in [0.2, 0.25) is 5.02 Å². The minimum absolute atomic E-state index is 0.00133. The number of alkyl halides is 3. The number of furan rings is 1. The van der Waals surface area contributed by atoms with Gasteiger partial charge < -0.3 is 33.9 Å². The number of halogens is 4. The van der Waals surface area contributed by atoms with Crippen molar-refractivity contribution >= 4 is 17.4 Å². The number of rotatable bonds is 15. The van der Waals surface area contributed by atoms with Crippen molar-refractivity contribution < 1.29 is 51.9 Å². The molecule has 4 aromatic carbocycles. The van der Waals surface area contributed by atoms with E-state index in [9.17, 15) is 33.3 Å². The molecule has 1 fully saturated rings. The van der Waals surface area contributed by atoms with Gasteiger partial charge in [-0.3, -0.25) is 9.69 Å². The summed E-state index contributed by atoms with van der Waals surface area (Å²) < 4.78 is 64.4. The third-order valence-electron chi connectivity index (χ3n) is 13.6. The van der Waals surface area contributed by atoms with Crippen LogP contribution in [0.15, 0.2) is 113 Å². The van der Waals surface area contributed by atoms with Gasteiger partial charge >= 0.3 is 6.18 Å². The zero-order valence-electron chi connectivity index (χ0n) is 37.9. The maximum atomic E-state index is 14.8. The molecule has 3 aliphatic carbocycles. The Kier molecular flexibility index (Phi) is 15.5. The summed E-state index contributed by atoms with van der Waals surface area (Å²) in [5.41, 5.74) is 1.63. The molecule has 1 aromatic heterocycles. The molecular formula is C53H59ClF3NO8. The lowest BCUT2D eigenvalue weighted by atomic mass is 9.64. The van der Waals surface area contributed by atoms with E-state index in [1.807, 2.05) is 59.5 Å². The summed E-state index contributed by atoms with van der Waals surface area (Å²) in [5, 5.41) is 36.0. The highest BCUT2D eigenvalue weighted by Gasteiger charge is 2.57. The number of aliphatic hydroxyl groups excluding tert-OH is 2. The van der Waals surface area contributed by atoms with Crippen LogP contribution in [0.4, 0.5) is 13.2 Å². The van der Waals surface area contributed by atoms with Crippen molar-refractivity contribution in [1.29, 1.82) is 0 Å². The van der Waals surface area contributed by atoms with E-state index in [1.165, 1.54) is 12.1 Å². The van der Waals surface area contributed by atoms with Gasteiger partial charge in [0.1, 0.15) is 17.3 Å². The second-order valence-electron chi connectivity index (χ2n) is 18.1. The number of hydrogen-bond donors (Lipinski definition) is 3. The van der Waals surface area contributed by atoms with Gasteiger partial charge in [0.05, 0.1) is 55.8 Å². The number of carbonyl (C=O) groups is 1. The highest BCUT2D eigenvalue weighted by atomic mass is 35.5. The highest BCUT2D eigenvalue weighted by molar-refractivity contribution is 6.33. The number of carbonyl (C=O) groups excluding carboxylic acids is 1. The van der Waals surface area contributed by atoms with E-state index in [2.05, 4.69) is 19.9 Å². The summed E-state index contributed by atoms with van der Waals surface area (Å²) in [6, 6.07) is 26.7. The summed E-state index contributed by atoms with van der Waals surface area (Å²) in [4.78, 5) is 16.8. The van der Waals surface area contributed by atoms with Gasteiger partial charge in [-0.15, -0.1) is 0 Å². The maximum Gasteiger partial charge on any atom is 0.416 e. The fraction of sp³-hybridized carbons (Fsp3) is 0.415. The molecule has 0 spiro atoms. The largest absolute Gasteiger partial charge is 0.497 e. The van der Waals surface area contributed by atoms with Crippen molar-refractivity contribution in [2.24, 2.45) is 5.41 Å². The van der Waals surface area contributed by atoms with Crippen LogP contribution in [-0.4, -0.2) is 77.7 Å². The zero-order valence-corrected chi connectivity index (χ0v) is 38.6. The van der Waals surface area contributed by atoms with E-state index in [-0.39, 0.29) is 47.7 Å². The molecule has 0 radical (unpaired) electrons.